The van der Waals surface area contributed by atoms with Gasteiger partial charge in [0.05, 0.1) is 12.0 Å². The minimum Gasteiger partial charge on any atom is -0.337 e. The first-order valence-electron chi connectivity index (χ1n) is 4.25. The summed E-state index contributed by atoms with van der Waals surface area (Å²) in [6, 6.07) is 0. The summed E-state index contributed by atoms with van der Waals surface area (Å²) in [6.07, 6.45) is 5.22. The Morgan fingerprint density at radius 2 is 2.27 bits per heavy atom. The summed E-state index contributed by atoms with van der Waals surface area (Å²) in [4.78, 5) is 4.30. The highest BCUT2D eigenvalue weighted by Gasteiger charge is 2.01. The van der Waals surface area contributed by atoms with E-state index in [1.807, 2.05) is 6.33 Å². The number of hydrogen-bond donors (Lipinski definition) is 0. The van der Waals surface area contributed by atoms with Crippen LogP contribution < -0.4 is 0 Å². The molecule has 0 fully saturated rings. The first-order chi connectivity index (χ1) is 5.24. The molecule has 0 aliphatic rings. The van der Waals surface area contributed by atoms with Gasteiger partial charge in [-0.25, -0.2) is 4.98 Å². The van der Waals surface area contributed by atoms with Crippen molar-refractivity contribution < 1.29 is 0 Å². The van der Waals surface area contributed by atoms with Crippen LogP contribution in [0, 0.1) is 0 Å². The third-order valence-corrected chi connectivity index (χ3v) is 1.73. The first kappa shape index (κ1) is 8.31. The highest BCUT2D eigenvalue weighted by molar-refractivity contribution is 5.01. The van der Waals surface area contributed by atoms with Gasteiger partial charge >= 0.3 is 0 Å². The molecule has 0 N–H and O–H groups in total. The van der Waals surface area contributed by atoms with Crippen LogP contribution in [-0.2, 0) is 6.54 Å². The van der Waals surface area contributed by atoms with Crippen molar-refractivity contribution in [3.8, 4) is 0 Å². The topological polar surface area (TPSA) is 17.8 Å². The van der Waals surface area contributed by atoms with E-state index in [0.29, 0.717) is 5.92 Å². The van der Waals surface area contributed by atoms with Crippen molar-refractivity contribution in [2.24, 2.45) is 0 Å². The van der Waals surface area contributed by atoms with Gasteiger partial charge in [0.15, 0.2) is 0 Å². The number of aromatic nitrogens is 2. The monoisotopic (exact) mass is 152 g/mol. The van der Waals surface area contributed by atoms with Gasteiger partial charge in [-0.1, -0.05) is 20.8 Å². The molecule has 1 aromatic rings. The Bertz CT molecular complexity index is 213. The fourth-order valence-electron chi connectivity index (χ4n) is 1.06. The van der Waals surface area contributed by atoms with Gasteiger partial charge in [0.25, 0.3) is 0 Å². The molecule has 0 radical (unpaired) electrons. The summed E-state index contributed by atoms with van der Waals surface area (Å²) in [5, 5.41) is 0. The van der Waals surface area contributed by atoms with E-state index in [0.717, 1.165) is 6.54 Å². The van der Waals surface area contributed by atoms with E-state index in [4.69, 9.17) is 0 Å². The van der Waals surface area contributed by atoms with Crippen molar-refractivity contribution in [3.63, 3.8) is 0 Å². The molecule has 0 aliphatic heterocycles. The predicted octanol–water partition coefficient (Wildman–Crippen LogP) is 2.42. The van der Waals surface area contributed by atoms with Gasteiger partial charge in [0.2, 0.25) is 0 Å². The summed E-state index contributed by atoms with van der Waals surface area (Å²) in [6.45, 7) is 7.59. The Hall–Kier alpha value is -0.790. The normalized spacial score (nSPS) is 10.9. The van der Waals surface area contributed by atoms with E-state index in [9.17, 15) is 0 Å². The molecule has 2 nitrogen and oxygen atoms in total. The van der Waals surface area contributed by atoms with Crippen molar-refractivity contribution in [1.82, 2.24) is 9.55 Å². The fraction of sp³-hybridized carbons (Fsp3) is 0.667. The molecule has 11 heavy (non-hydrogen) atoms. The fourth-order valence-corrected chi connectivity index (χ4v) is 1.06. The van der Waals surface area contributed by atoms with Gasteiger partial charge in [-0.05, 0) is 12.3 Å². The molecular formula is C9H16N2. The summed E-state index contributed by atoms with van der Waals surface area (Å²) in [7, 11) is 0. The van der Waals surface area contributed by atoms with Crippen LogP contribution in [-0.4, -0.2) is 9.55 Å². The molecular weight excluding hydrogens is 136 g/mol. The van der Waals surface area contributed by atoms with Crippen molar-refractivity contribution in [2.75, 3.05) is 0 Å². The van der Waals surface area contributed by atoms with E-state index in [1.54, 1.807) is 0 Å². The van der Waals surface area contributed by atoms with Crippen LogP contribution >= 0.6 is 0 Å². The minimum absolute atomic E-state index is 0.549. The third kappa shape index (κ3) is 2.07. The van der Waals surface area contributed by atoms with Crippen molar-refractivity contribution >= 4 is 0 Å². The molecule has 1 heterocycles. The minimum atomic E-state index is 0.549. The molecule has 0 saturated carbocycles. The second-order valence-electron chi connectivity index (χ2n) is 3.19. The molecule has 1 rings (SSSR count). The largest absolute Gasteiger partial charge is 0.337 e. The number of rotatable bonds is 3. The zero-order chi connectivity index (χ0) is 8.27. The van der Waals surface area contributed by atoms with Gasteiger partial charge in [0, 0.05) is 12.7 Å². The van der Waals surface area contributed by atoms with Crippen LogP contribution in [0.25, 0.3) is 0 Å². The van der Waals surface area contributed by atoms with E-state index in [1.165, 1.54) is 12.1 Å². The lowest BCUT2D eigenvalue weighted by Crippen LogP contribution is -1.91. The maximum absolute atomic E-state index is 4.30. The molecule has 0 aliphatic carbocycles. The van der Waals surface area contributed by atoms with E-state index < -0.39 is 0 Å². The summed E-state index contributed by atoms with van der Waals surface area (Å²) in [5.41, 5.74) is 1.19. The maximum atomic E-state index is 4.30. The zero-order valence-electron chi connectivity index (χ0n) is 7.54. The van der Waals surface area contributed by atoms with Gasteiger partial charge in [-0.2, -0.15) is 0 Å². The van der Waals surface area contributed by atoms with Crippen LogP contribution in [0.5, 0.6) is 0 Å². The SMILES string of the molecule is CCCn1cnc(C(C)C)c1. The van der Waals surface area contributed by atoms with Crippen LogP contribution in [0.2, 0.25) is 0 Å². The lowest BCUT2D eigenvalue weighted by atomic mass is 10.2. The molecule has 0 bridgehead atoms. The zero-order valence-corrected chi connectivity index (χ0v) is 7.54. The van der Waals surface area contributed by atoms with Gasteiger partial charge < -0.3 is 4.57 Å². The van der Waals surface area contributed by atoms with Gasteiger partial charge in [-0.3, -0.25) is 0 Å². The number of hydrogen-bond acceptors (Lipinski definition) is 1. The number of nitrogens with zero attached hydrogens (tertiary/aromatic N) is 2. The quantitative estimate of drug-likeness (QED) is 0.650. The van der Waals surface area contributed by atoms with Gasteiger partial charge in [0.1, 0.15) is 0 Å². The first-order valence-corrected chi connectivity index (χ1v) is 4.25. The molecule has 0 atom stereocenters. The molecule has 0 unspecified atom stereocenters. The van der Waals surface area contributed by atoms with Crippen LogP contribution in [0.3, 0.4) is 0 Å². The Balaban J connectivity index is 2.66. The van der Waals surface area contributed by atoms with Crippen molar-refractivity contribution in [1.29, 1.82) is 0 Å². The smallest absolute Gasteiger partial charge is 0.0949 e. The average Bonchev–Trinajstić information content (AvgIpc) is 2.37. The van der Waals surface area contributed by atoms with Gasteiger partial charge in [-0.15, -0.1) is 0 Å². The summed E-state index contributed by atoms with van der Waals surface area (Å²) < 4.78 is 2.15. The molecule has 0 saturated heterocycles. The summed E-state index contributed by atoms with van der Waals surface area (Å²) >= 11 is 0. The van der Waals surface area contributed by atoms with E-state index >= 15 is 0 Å². The van der Waals surface area contributed by atoms with Crippen LogP contribution in [0.1, 0.15) is 38.8 Å². The van der Waals surface area contributed by atoms with E-state index in [-0.39, 0.29) is 0 Å². The van der Waals surface area contributed by atoms with Crippen LogP contribution in [0.4, 0.5) is 0 Å². The average molecular weight is 152 g/mol. The maximum Gasteiger partial charge on any atom is 0.0949 e. The lowest BCUT2D eigenvalue weighted by Gasteiger charge is -1.97. The molecule has 0 amide bonds. The Morgan fingerprint density at radius 3 is 2.73 bits per heavy atom. The van der Waals surface area contributed by atoms with Crippen LogP contribution in [0.15, 0.2) is 12.5 Å². The van der Waals surface area contributed by atoms with E-state index in [2.05, 4.69) is 36.5 Å². The lowest BCUT2D eigenvalue weighted by molar-refractivity contribution is 0.676. The Labute approximate surface area is 68.3 Å². The Kier molecular flexibility index (Phi) is 2.69. The molecule has 0 aromatic carbocycles. The standard InChI is InChI=1S/C9H16N2/c1-4-5-11-6-9(8(2)3)10-7-11/h6-8H,4-5H2,1-3H3. The molecule has 1 aromatic heterocycles. The molecule has 0 spiro atoms. The predicted molar refractivity (Wildman–Crippen MR) is 46.6 cm³/mol. The molecule has 2 heteroatoms. The highest BCUT2D eigenvalue weighted by atomic mass is 15.0. The molecule has 62 valence electrons. The number of imidazole rings is 1. The van der Waals surface area contributed by atoms with Crippen molar-refractivity contribution in [3.05, 3.63) is 18.2 Å². The Morgan fingerprint density at radius 1 is 1.55 bits per heavy atom. The third-order valence-electron chi connectivity index (χ3n) is 1.73. The number of aryl methyl sites for hydroxylation is 1. The second kappa shape index (κ2) is 3.56. The van der Waals surface area contributed by atoms with Crippen molar-refractivity contribution in [2.45, 2.75) is 39.7 Å². The second-order valence-corrected chi connectivity index (χ2v) is 3.19. The highest BCUT2D eigenvalue weighted by Crippen LogP contribution is 2.10. The summed E-state index contributed by atoms with van der Waals surface area (Å²) in [5.74, 6) is 0.549.